The average Bonchev–Trinajstić information content (AvgIpc) is 2.75. The Kier molecular flexibility index (Phi) is 8.14. The van der Waals surface area contributed by atoms with Gasteiger partial charge in [0.2, 0.25) is 5.75 Å². The van der Waals surface area contributed by atoms with Crippen molar-refractivity contribution in [1.82, 2.24) is 0 Å². The normalized spacial score (nSPS) is 11.2. The van der Waals surface area contributed by atoms with E-state index in [4.69, 9.17) is 24.1 Å². The summed E-state index contributed by atoms with van der Waals surface area (Å²) in [6, 6.07) is 8.00. The lowest BCUT2D eigenvalue weighted by molar-refractivity contribution is -0.134. The Morgan fingerprint density at radius 1 is 0.968 bits per heavy atom. The molecule has 0 spiro atoms. The zero-order valence-electron chi connectivity index (χ0n) is 17.7. The van der Waals surface area contributed by atoms with Gasteiger partial charge in [-0.1, -0.05) is 6.07 Å². The van der Waals surface area contributed by atoms with Gasteiger partial charge in [-0.05, 0) is 41.5 Å². The van der Waals surface area contributed by atoms with Gasteiger partial charge < -0.3 is 29.4 Å². The maximum atomic E-state index is 12.6. The van der Waals surface area contributed by atoms with Crippen LogP contribution in [0.5, 0.6) is 23.0 Å². The summed E-state index contributed by atoms with van der Waals surface area (Å²) >= 11 is 0. The van der Waals surface area contributed by atoms with E-state index in [0.29, 0.717) is 39.8 Å². The average molecular weight is 451 g/mol. The van der Waals surface area contributed by atoms with E-state index in [1.807, 2.05) is 0 Å². The zero-order chi connectivity index (χ0) is 23.0. The first-order valence-corrected chi connectivity index (χ1v) is 10.8. The van der Waals surface area contributed by atoms with Crippen LogP contribution in [0.3, 0.4) is 0 Å². The topological polar surface area (TPSA) is 120 Å². The highest BCUT2D eigenvalue weighted by molar-refractivity contribution is 7.93. The summed E-state index contributed by atoms with van der Waals surface area (Å²) in [5.74, 6) is 0.305. The molecule has 2 rings (SSSR count). The number of rotatable bonds is 11. The molecule has 0 unspecified atom stereocenters. The van der Waals surface area contributed by atoms with Gasteiger partial charge in [0, 0.05) is 5.41 Å². The molecule has 0 aliphatic rings. The zero-order valence-corrected chi connectivity index (χ0v) is 18.5. The van der Waals surface area contributed by atoms with E-state index in [-0.39, 0.29) is 12.3 Å². The van der Waals surface area contributed by atoms with Crippen LogP contribution in [0.2, 0.25) is 0 Å². The molecule has 0 aromatic heterocycles. The number of aliphatic carboxylic acids is 1. The Morgan fingerprint density at radius 2 is 1.58 bits per heavy atom. The van der Waals surface area contributed by atoms with Gasteiger partial charge in [0.05, 0.1) is 39.9 Å². The summed E-state index contributed by atoms with van der Waals surface area (Å²) in [7, 11) is 2.24. The van der Waals surface area contributed by atoms with Gasteiger partial charge in [-0.3, -0.25) is 4.79 Å². The van der Waals surface area contributed by atoms with Crippen LogP contribution >= 0.6 is 0 Å². The second-order valence-corrected chi connectivity index (χ2v) is 8.24. The summed E-state index contributed by atoms with van der Waals surface area (Å²) in [6.45, 7) is -0.326. The molecule has 31 heavy (non-hydrogen) atoms. The van der Waals surface area contributed by atoms with Crippen LogP contribution in [0.15, 0.2) is 35.7 Å². The molecule has 168 valence electrons. The van der Waals surface area contributed by atoms with Gasteiger partial charge in [0.25, 0.3) is 0 Å². The van der Waals surface area contributed by atoms with Gasteiger partial charge in [-0.2, -0.15) is 0 Å². The molecule has 0 saturated carbocycles. The fourth-order valence-corrected chi connectivity index (χ4v) is 3.92. The van der Waals surface area contributed by atoms with Gasteiger partial charge in [0.15, 0.2) is 21.3 Å². The monoisotopic (exact) mass is 451 g/mol. The van der Waals surface area contributed by atoms with E-state index in [0.717, 1.165) is 5.41 Å². The number of methoxy groups -OCH3 is 4. The van der Waals surface area contributed by atoms with Crippen LogP contribution in [-0.2, 0) is 20.4 Å². The molecule has 0 aliphatic heterocycles. The standard InChI is InChI=1S/C21H25NO8S/c1-27-17-6-5-15(9-16(17)22-12-20(23)24)13-31(25,26)8-7-14-10-18(28-2)21(30-4)19(11-14)29-3/h5-11,22H,12-13H2,1-4H3,(H,23,24)/b8-7+. The number of carboxylic acid groups (broad SMARTS) is 1. The van der Waals surface area contributed by atoms with E-state index >= 15 is 0 Å². The molecule has 0 atom stereocenters. The van der Waals surface area contributed by atoms with Gasteiger partial charge in [0.1, 0.15) is 12.3 Å². The number of anilines is 1. The van der Waals surface area contributed by atoms with Crippen molar-refractivity contribution in [2.24, 2.45) is 0 Å². The van der Waals surface area contributed by atoms with Crippen LogP contribution in [-0.4, -0.2) is 54.5 Å². The molecule has 0 saturated heterocycles. The van der Waals surface area contributed by atoms with Crippen LogP contribution in [0.1, 0.15) is 11.1 Å². The first-order valence-electron chi connectivity index (χ1n) is 9.06. The molecule has 0 bridgehead atoms. The Bertz CT molecular complexity index is 1040. The van der Waals surface area contributed by atoms with Crippen molar-refractivity contribution < 1.29 is 37.3 Å². The van der Waals surface area contributed by atoms with Gasteiger partial charge in [-0.15, -0.1) is 0 Å². The van der Waals surface area contributed by atoms with E-state index < -0.39 is 15.8 Å². The Hall–Kier alpha value is -3.40. The summed E-state index contributed by atoms with van der Waals surface area (Å²) in [4.78, 5) is 10.8. The van der Waals surface area contributed by atoms with E-state index in [1.54, 1.807) is 30.3 Å². The molecular formula is C21H25NO8S. The smallest absolute Gasteiger partial charge is 0.322 e. The highest BCUT2D eigenvalue weighted by Gasteiger charge is 2.14. The lowest BCUT2D eigenvalue weighted by Gasteiger charge is -2.13. The van der Waals surface area contributed by atoms with E-state index in [1.165, 1.54) is 34.5 Å². The van der Waals surface area contributed by atoms with Gasteiger partial charge >= 0.3 is 5.97 Å². The van der Waals surface area contributed by atoms with E-state index in [2.05, 4.69) is 5.32 Å². The first-order chi connectivity index (χ1) is 14.7. The molecule has 0 radical (unpaired) electrons. The molecule has 0 aliphatic carbocycles. The van der Waals surface area contributed by atoms with Crippen molar-refractivity contribution >= 4 is 27.6 Å². The summed E-state index contributed by atoms with van der Waals surface area (Å²) < 4.78 is 46.2. The van der Waals surface area contributed by atoms with Crippen LogP contribution in [0.25, 0.3) is 6.08 Å². The number of hydrogen-bond acceptors (Lipinski definition) is 8. The van der Waals surface area contributed by atoms with Gasteiger partial charge in [-0.25, -0.2) is 8.42 Å². The number of carbonyl (C=O) groups is 1. The second kappa shape index (κ2) is 10.6. The Morgan fingerprint density at radius 3 is 2.10 bits per heavy atom. The summed E-state index contributed by atoms with van der Waals surface area (Å²) in [6.07, 6.45) is 1.44. The molecular weight excluding hydrogens is 426 g/mol. The first kappa shape index (κ1) is 23.9. The lowest BCUT2D eigenvalue weighted by atomic mass is 10.2. The summed E-state index contributed by atoms with van der Waals surface area (Å²) in [5, 5.41) is 12.7. The number of nitrogens with one attached hydrogen (secondary N) is 1. The highest BCUT2D eigenvalue weighted by Crippen LogP contribution is 2.38. The number of sulfone groups is 1. The molecule has 2 aromatic rings. The fraction of sp³-hybridized carbons (Fsp3) is 0.286. The van der Waals surface area contributed by atoms with Crippen LogP contribution in [0, 0.1) is 0 Å². The summed E-state index contributed by atoms with van der Waals surface area (Å²) in [5.41, 5.74) is 1.42. The minimum atomic E-state index is -3.63. The second-order valence-electron chi connectivity index (χ2n) is 6.35. The Labute approximate surface area is 181 Å². The fourth-order valence-electron chi connectivity index (χ4n) is 2.81. The molecule has 0 fully saturated rings. The molecule has 9 nitrogen and oxygen atoms in total. The number of carboxylic acids is 1. The largest absolute Gasteiger partial charge is 0.495 e. The van der Waals surface area contributed by atoms with Crippen LogP contribution < -0.4 is 24.3 Å². The maximum absolute atomic E-state index is 12.6. The lowest BCUT2D eigenvalue weighted by Crippen LogP contribution is -2.13. The minimum Gasteiger partial charge on any atom is -0.495 e. The number of benzene rings is 2. The van der Waals surface area contributed by atoms with E-state index in [9.17, 15) is 13.2 Å². The third-order valence-electron chi connectivity index (χ3n) is 4.22. The third-order valence-corrected chi connectivity index (χ3v) is 5.50. The number of hydrogen-bond donors (Lipinski definition) is 2. The van der Waals surface area contributed by atoms with Crippen molar-refractivity contribution in [1.29, 1.82) is 0 Å². The predicted octanol–water partition coefficient (Wildman–Crippen LogP) is 2.80. The minimum absolute atomic E-state index is 0.278. The molecule has 2 N–H and O–H groups in total. The molecule has 0 heterocycles. The van der Waals surface area contributed by atoms with Crippen molar-refractivity contribution in [3.63, 3.8) is 0 Å². The SMILES string of the molecule is COc1ccc(CS(=O)(=O)/C=C/c2cc(OC)c(OC)c(OC)c2)cc1NCC(=O)O. The number of ether oxygens (including phenoxy) is 4. The Balaban J connectivity index is 2.26. The predicted molar refractivity (Wildman–Crippen MR) is 117 cm³/mol. The molecule has 10 heteroatoms. The molecule has 2 aromatic carbocycles. The van der Waals surface area contributed by atoms with Crippen molar-refractivity contribution in [3.05, 3.63) is 46.9 Å². The molecule has 0 amide bonds. The highest BCUT2D eigenvalue weighted by atomic mass is 32.2. The quantitative estimate of drug-likeness (QED) is 0.531. The maximum Gasteiger partial charge on any atom is 0.322 e. The third kappa shape index (κ3) is 6.54. The van der Waals surface area contributed by atoms with Crippen LogP contribution in [0.4, 0.5) is 5.69 Å². The van der Waals surface area contributed by atoms with Crippen molar-refractivity contribution in [3.8, 4) is 23.0 Å². The van der Waals surface area contributed by atoms with Crippen molar-refractivity contribution in [2.45, 2.75) is 5.75 Å². The van der Waals surface area contributed by atoms with Crippen molar-refractivity contribution in [2.75, 3.05) is 40.3 Å².